The standard InChI is InChI=1S/C13H27N3O/c1-4-17-9-12(10(2)3)16-13(14)15-11-7-5-6-8-11/h10-12H,4-9H2,1-3H3,(H3,14,15,16). The van der Waals surface area contributed by atoms with E-state index in [1.807, 2.05) is 6.92 Å². The minimum Gasteiger partial charge on any atom is -0.380 e. The molecule has 0 radical (unpaired) electrons. The molecular formula is C13H27N3O. The first-order valence-electron chi connectivity index (χ1n) is 6.81. The molecule has 0 aliphatic heterocycles. The lowest BCUT2D eigenvalue weighted by Crippen LogP contribution is -2.46. The number of nitrogens with zero attached hydrogens (tertiary/aromatic N) is 1. The molecule has 17 heavy (non-hydrogen) atoms. The highest BCUT2D eigenvalue weighted by atomic mass is 16.5. The highest BCUT2D eigenvalue weighted by molar-refractivity contribution is 5.78. The van der Waals surface area contributed by atoms with Crippen molar-refractivity contribution >= 4 is 5.96 Å². The molecule has 0 heterocycles. The zero-order chi connectivity index (χ0) is 12.7. The Bertz CT molecular complexity index is 235. The Labute approximate surface area is 105 Å². The van der Waals surface area contributed by atoms with Gasteiger partial charge in [0.25, 0.3) is 0 Å². The molecular weight excluding hydrogens is 214 g/mol. The summed E-state index contributed by atoms with van der Waals surface area (Å²) in [5.74, 6) is 1.06. The lowest BCUT2D eigenvalue weighted by Gasteiger charge is -2.23. The van der Waals surface area contributed by atoms with Gasteiger partial charge in [-0.05, 0) is 25.7 Å². The molecule has 1 aliphatic rings. The van der Waals surface area contributed by atoms with Gasteiger partial charge in [-0.25, -0.2) is 0 Å². The summed E-state index contributed by atoms with van der Waals surface area (Å²) in [6.07, 6.45) is 4.93. The van der Waals surface area contributed by atoms with E-state index in [1.54, 1.807) is 0 Å². The van der Waals surface area contributed by atoms with E-state index in [1.165, 1.54) is 25.7 Å². The molecule has 1 rings (SSSR count). The van der Waals surface area contributed by atoms with Gasteiger partial charge in [0.15, 0.2) is 5.96 Å². The number of rotatable bonds is 6. The van der Waals surface area contributed by atoms with Crippen LogP contribution in [0, 0.1) is 5.92 Å². The lowest BCUT2D eigenvalue weighted by atomic mass is 10.1. The van der Waals surface area contributed by atoms with E-state index in [2.05, 4.69) is 24.2 Å². The molecule has 1 fully saturated rings. The molecule has 3 N–H and O–H groups in total. The van der Waals surface area contributed by atoms with Crippen molar-refractivity contribution in [1.29, 1.82) is 0 Å². The largest absolute Gasteiger partial charge is 0.380 e. The Morgan fingerprint density at radius 1 is 1.41 bits per heavy atom. The smallest absolute Gasteiger partial charge is 0.189 e. The van der Waals surface area contributed by atoms with Crippen molar-refractivity contribution in [3.05, 3.63) is 0 Å². The Morgan fingerprint density at radius 3 is 2.59 bits per heavy atom. The Balaban J connectivity index is 2.41. The number of hydrogen-bond donors (Lipinski definition) is 2. The summed E-state index contributed by atoms with van der Waals surface area (Å²) in [5.41, 5.74) is 5.95. The van der Waals surface area contributed by atoms with Crippen LogP contribution in [0.25, 0.3) is 0 Å². The first-order valence-corrected chi connectivity index (χ1v) is 6.81. The molecule has 0 aromatic heterocycles. The maximum Gasteiger partial charge on any atom is 0.189 e. The number of ether oxygens (including phenoxy) is 1. The molecule has 100 valence electrons. The molecule has 4 heteroatoms. The highest BCUT2D eigenvalue weighted by Gasteiger charge is 2.17. The van der Waals surface area contributed by atoms with Crippen molar-refractivity contribution in [2.75, 3.05) is 13.2 Å². The SMILES string of the molecule is CCOCC(NC(N)=NC1CCCC1)C(C)C. The number of hydrogen-bond acceptors (Lipinski definition) is 2. The van der Waals surface area contributed by atoms with E-state index in [0.717, 1.165) is 6.61 Å². The van der Waals surface area contributed by atoms with Crippen molar-refractivity contribution in [3.63, 3.8) is 0 Å². The summed E-state index contributed by atoms with van der Waals surface area (Å²) in [5, 5.41) is 3.28. The van der Waals surface area contributed by atoms with Crippen LogP contribution >= 0.6 is 0 Å². The molecule has 0 amide bonds. The fourth-order valence-corrected chi connectivity index (χ4v) is 2.10. The maximum atomic E-state index is 5.95. The van der Waals surface area contributed by atoms with Gasteiger partial charge in [0, 0.05) is 6.61 Å². The molecule has 0 spiro atoms. The van der Waals surface area contributed by atoms with Crippen molar-refractivity contribution in [3.8, 4) is 0 Å². The third kappa shape index (κ3) is 5.39. The van der Waals surface area contributed by atoms with Crippen LogP contribution in [0.1, 0.15) is 46.5 Å². The molecule has 0 bridgehead atoms. The topological polar surface area (TPSA) is 59.6 Å². The van der Waals surface area contributed by atoms with Crippen LogP contribution in [0.4, 0.5) is 0 Å². The summed E-state index contributed by atoms with van der Waals surface area (Å²) in [7, 11) is 0. The van der Waals surface area contributed by atoms with E-state index >= 15 is 0 Å². The minimum atomic E-state index is 0.250. The van der Waals surface area contributed by atoms with Crippen molar-refractivity contribution in [1.82, 2.24) is 5.32 Å². The third-order valence-corrected chi connectivity index (χ3v) is 3.29. The first kappa shape index (κ1) is 14.3. The van der Waals surface area contributed by atoms with Gasteiger partial charge in [0.2, 0.25) is 0 Å². The van der Waals surface area contributed by atoms with Gasteiger partial charge in [-0.15, -0.1) is 0 Å². The summed E-state index contributed by atoms with van der Waals surface area (Å²) in [6, 6.07) is 0.683. The fourth-order valence-electron chi connectivity index (χ4n) is 2.10. The summed E-state index contributed by atoms with van der Waals surface area (Å²) in [4.78, 5) is 4.53. The van der Waals surface area contributed by atoms with Gasteiger partial charge in [-0.2, -0.15) is 0 Å². The summed E-state index contributed by atoms with van der Waals surface area (Å²) < 4.78 is 5.45. The quantitative estimate of drug-likeness (QED) is 0.551. The molecule has 4 nitrogen and oxygen atoms in total. The van der Waals surface area contributed by atoms with E-state index in [-0.39, 0.29) is 6.04 Å². The second kappa shape index (κ2) is 7.54. The Hall–Kier alpha value is -0.770. The third-order valence-electron chi connectivity index (χ3n) is 3.29. The molecule has 0 aromatic rings. The van der Waals surface area contributed by atoms with E-state index < -0.39 is 0 Å². The van der Waals surface area contributed by atoms with Crippen LogP contribution in [-0.4, -0.2) is 31.3 Å². The maximum absolute atomic E-state index is 5.95. The van der Waals surface area contributed by atoms with Gasteiger partial charge < -0.3 is 15.8 Å². The molecule has 1 unspecified atom stereocenters. The van der Waals surface area contributed by atoms with E-state index in [4.69, 9.17) is 10.5 Å². The van der Waals surface area contributed by atoms with E-state index in [9.17, 15) is 0 Å². The monoisotopic (exact) mass is 241 g/mol. The fraction of sp³-hybridized carbons (Fsp3) is 0.923. The molecule has 0 saturated heterocycles. The van der Waals surface area contributed by atoms with Gasteiger partial charge in [0.05, 0.1) is 18.7 Å². The van der Waals surface area contributed by atoms with Gasteiger partial charge in [-0.3, -0.25) is 4.99 Å². The van der Waals surface area contributed by atoms with Crippen LogP contribution < -0.4 is 11.1 Å². The average Bonchev–Trinajstić information content (AvgIpc) is 2.76. The second-order valence-corrected chi connectivity index (χ2v) is 5.11. The van der Waals surface area contributed by atoms with Crippen LogP contribution in [-0.2, 0) is 4.74 Å². The molecule has 1 aliphatic carbocycles. The normalized spacial score (nSPS) is 19.9. The van der Waals surface area contributed by atoms with Crippen molar-refractivity contribution in [2.24, 2.45) is 16.6 Å². The summed E-state index contributed by atoms with van der Waals surface area (Å²) >= 11 is 0. The zero-order valence-electron chi connectivity index (χ0n) is 11.4. The molecule has 0 aromatic carbocycles. The number of guanidine groups is 1. The van der Waals surface area contributed by atoms with Gasteiger partial charge in [0.1, 0.15) is 0 Å². The average molecular weight is 241 g/mol. The second-order valence-electron chi connectivity index (χ2n) is 5.11. The van der Waals surface area contributed by atoms with Crippen LogP contribution in [0.5, 0.6) is 0 Å². The lowest BCUT2D eigenvalue weighted by molar-refractivity contribution is 0.115. The Morgan fingerprint density at radius 2 is 2.06 bits per heavy atom. The zero-order valence-corrected chi connectivity index (χ0v) is 11.4. The first-order chi connectivity index (χ1) is 8.13. The van der Waals surface area contributed by atoms with Crippen LogP contribution in [0.2, 0.25) is 0 Å². The Kier molecular flexibility index (Phi) is 6.34. The number of nitrogens with two attached hydrogens (primary N) is 1. The molecule has 1 atom stereocenters. The number of nitrogens with one attached hydrogen (secondary N) is 1. The van der Waals surface area contributed by atoms with Crippen molar-refractivity contribution in [2.45, 2.75) is 58.5 Å². The van der Waals surface area contributed by atoms with E-state index in [0.29, 0.717) is 24.5 Å². The van der Waals surface area contributed by atoms with Gasteiger partial charge >= 0.3 is 0 Å². The highest BCUT2D eigenvalue weighted by Crippen LogP contribution is 2.20. The predicted molar refractivity (Wildman–Crippen MR) is 72.1 cm³/mol. The molecule has 1 saturated carbocycles. The van der Waals surface area contributed by atoms with Gasteiger partial charge in [-0.1, -0.05) is 26.7 Å². The predicted octanol–water partition coefficient (Wildman–Crippen LogP) is 1.89. The van der Waals surface area contributed by atoms with Crippen LogP contribution in [0.3, 0.4) is 0 Å². The summed E-state index contributed by atoms with van der Waals surface area (Å²) in [6.45, 7) is 7.77. The van der Waals surface area contributed by atoms with Crippen molar-refractivity contribution < 1.29 is 4.74 Å². The minimum absolute atomic E-state index is 0.250. The van der Waals surface area contributed by atoms with Crippen LogP contribution in [0.15, 0.2) is 4.99 Å². The number of aliphatic imine (C=N–C) groups is 1.